The molecule has 0 aliphatic carbocycles. The van der Waals surface area contributed by atoms with Gasteiger partial charge in [-0.1, -0.05) is 11.6 Å². The number of nitrogens with zero attached hydrogens (tertiary/aromatic N) is 1. The summed E-state index contributed by atoms with van der Waals surface area (Å²) in [5.74, 6) is 0.0262. The van der Waals surface area contributed by atoms with Crippen LogP contribution in [0, 0.1) is 0 Å². The summed E-state index contributed by atoms with van der Waals surface area (Å²) in [6, 6.07) is 14.4. The number of hydrogen-bond acceptors (Lipinski definition) is 6. The van der Waals surface area contributed by atoms with E-state index >= 15 is 0 Å². The fraction of sp³-hybridized carbons (Fsp3) is 0.136. The molecule has 0 saturated carbocycles. The average Bonchev–Trinajstić information content (AvgIpc) is 2.76. The summed E-state index contributed by atoms with van der Waals surface area (Å²) >= 11 is 5.84. The zero-order chi connectivity index (χ0) is 24.0. The number of nitrogens with one attached hydrogen (secondary N) is 3. The van der Waals surface area contributed by atoms with Crippen molar-refractivity contribution in [1.29, 1.82) is 0 Å². The monoisotopic (exact) mass is 488 g/mol. The minimum absolute atomic E-state index is 0.0402. The van der Waals surface area contributed by atoms with Crippen LogP contribution in [-0.2, 0) is 19.6 Å². The molecular formula is C22H21ClN4O5S. The maximum Gasteiger partial charge on any atom is 0.242 e. The van der Waals surface area contributed by atoms with Gasteiger partial charge in [0, 0.05) is 23.7 Å². The van der Waals surface area contributed by atoms with Crippen molar-refractivity contribution in [3.8, 4) is 11.6 Å². The Balaban J connectivity index is 1.58. The number of carbonyl (C=O) groups excluding carboxylic acids is 2. The topological polar surface area (TPSA) is 126 Å². The predicted octanol–water partition coefficient (Wildman–Crippen LogP) is 3.79. The third-order valence-corrected chi connectivity index (χ3v) is 6.06. The molecule has 11 heteroatoms. The Kier molecular flexibility index (Phi) is 7.64. The molecule has 172 valence electrons. The second-order valence-corrected chi connectivity index (χ2v) is 9.13. The van der Waals surface area contributed by atoms with Crippen LogP contribution < -0.4 is 20.1 Å². The zero-order valence-electron chi connectivity index (χ0n) is 17.7. The molecule has 1 heterocycles. The molecule has 1 aromatic heterocycles. The molecule has 9 nitrogen and oxygen atoms in total. The van der Waals surface area contributed by atoms with Gasteiger partial charge in [-0.2, -0.15) is 4.72 Å². The van der Waals surface area contributed by atoms with E-state index in [0.717, 1.165) is 0 Å². The largest absolute Gasteiger partial charge is 0.439 e. The van der Waals surface area contributed by atoms with Gasteiger partial charge in [0.05, 0.1) is 22.8 Å². The molecule has 0 aliphatic heterocycles. The van der Waals surface area contributed by atoms with Crippen LogP contribution in [-0.4, -0.2) is 31.3 Å². The SMILES string of the molecule is CC(=O)Nc1ccc(S(=O)(=O)N[C@@H](C)C(=O)Nc2ccc(Oc3ccc(Cl)cc3)nc2)cc1. The van der Waals surface area contributed by atoms with E-state index in [0.29, 0.717) is 28.0 Å². The Hall–Kier alpha value is -3.47. The molecule has 0 saturated heterocycles. The van der Waals surface area contributed by atoms with E-state index in [4.69, 9.17) is 16.3 Å². The van der Waals surface area contributed by atoms with Crippen LogP contribution in [0.1, 0.15) is 13.8 Å². The Morgan fingerprint density at radius 2 is 1.58 bits per heavy atom. The van der Waals surface area contributed by atoms with Crippen molar-refractivity contribution < 1.29 is 22.7 Å². The van der Waals surface area contributed by atoms with Crippen LogP contribution in [0.3, 0.4) is 0 Å². The number of aromatic nitrogens is 1. The van der Waals surface area contributed by atoms with Crippen molar-refractivity contribution in [3.05, 3.63) is 71.9 Å². The molecule has 0 bridgehead atoms. The first-order chi connectivity index (χ1) is 15.6. The number of anilines is 2. The molecule has 33 heavy (non-hydrogen) atoms. The van der Waals surface area contributed by atoms with Gasteiger partial charge in [0.25, 0.3) is 0 Å². The van der Waals surface area contributed by atoms with Crippen molar-refractivity contribution in [3.63, 3.8) is 0 Å². The molecule has 0 radical (unpaired) electrons. The highest BCUT2D eigenvalue weighted by Gasteiger charge is 2.22. The Labute approximate surface area is 196 Å². The molecule has 0 aliphatic rings. The highest BCUT2D eigenvalue weighted by molar-refractivity contribution is 7.89. The second-order valence-electron chi connectivity index (χ2n) is 6.98. The number of carbonyl (C=O) groups is 2. The zero-order valence-corrected chi connectivity index (χ0v) is 19.3. The number of rotatable bonds is 8. The first-order valence-electron chi connectivity index (χ1n) is 9.73. The summed E-state index contributed by atoms with van der Waals surface area (Å²) in [5.41, 5.74) is 0.831. The molecule has 2 amide bonds. The van der Waals surface area contributed by atoms with E-state index < -0.39 is 22.0 Å². The van der Waals surface area contributed by atoms with Gasteiger partial charge in [0.2, 0.25) is 27.7 Å². The molecule has 1 atom stereocenters. The van der Waals surface area contributed by atoms with Crippen LogP contribution in [0.5, 0.6) is 11.6 Å². The maximum atomic E-state index is 12.6. The van der Waals surface area contributed by atoms with Gasteiger partial charge in [0.1, 0.15) is 5.75 Å². The van der Waals surface area contributed by atoms with Crippen molar-refractivity contribution in [2.45, 2.75) is 24.8 Å². The van der Waals surface area contributed by atoms with E-state index in [-0.39, 0.29) is 10.8 Å². The molecule has 3 N–H and O–H groups in total. The summed E-state index contributed by atoms with van der Waals surface area (Å²) in [5, 5.41) is 5.73. The Morgan fingerprint density at radius 1 is 0.939 bits per heavy atom. The van der Waals surface area contributed by atoms with Gasteiger partial charge < -0.3 is 15.4 Å². The number of ether oxygens (including phenoxy) is 1. The second kappa shape index (κ2) is 10.4. The van der Waals surface area contributed by atoms with E-state index in [9.17, 15) is 18.0 Å². The molecule has 2 aromatic carbocycles. The standard InChI is InChI=1S/C22H21ClN4O5S/c1-14(27-33(30,31)20-10-5-17(6-11-20)25-15(2)28)22(29)26-18-7-12-21(24-13-18)32-19-8-3-16(23)4-9-19/h3-14,27H,1-2H3,(H,25,28)(H,26,29)/t14-/m0/s1. The molecular weight excluding hydrogens is 468 g/mol. The van der Waals surface area contributed by atoms with E-state index in [1.807, 2.05) is 0 Å². The lowest BCUT2D eigenvalue weighted by Gasteiger charge is -2.15. The van der Waals surface area contributed by atoms with E-state index in [2.05, 4.69) is 20.3 Å². The first-order valence-corrected chi connectivity index (χ1v) is 11.6. The van der Waals surface area contributed by atoms with Gasteiger partial charge >= 0.3 is 0 Å². The number of sulfonamides is 1. The molecule has 3 rings (SSSR count). The lowest BCUT2D eigenvalue weighted by Crippen LogP contribution is -2.41. The fourth-order valence-electron chi connectivity index (χ4n) is 2.66. The number of pyridine rings is 1. The lowest BCUT2D eigenvalue weighted by atomic mass is 10.3. The van der Waals surface area contributed by atoms with Crippen LogP contribution in [0.4, 0.5) is 11.4 Å². The summed E-state index contributed by atoms with van der Waals surface area (Å²) in [4.78, 5) is 27.6. The molecule has 3 aromatic rings. The van der Waals surface area contributed by atoms with Crippen LogP contribution in [0.2, 0.25) is 5.02 Å². The van der Waals surface area contributed by atoms with Crippen molar-refractivity contribution >= 4 is 44.8 Å². The van der Waals surface area contributed by atoms with Crippen molar-refractivity contribution in [2.75, 3.05) is 10.6 Å². The van der Waals surface area contributed by atoms with E-state index in [1.165, 1.54) is 44.3 Å². The maximum absolute atomic E-state index is 12.6. The van der Waals surface area contributed by atoms with Crippen LogP contribution in [0.15, 0.2) is 71.8 Å². The molecule has 0 unspecified atom stereocenters. The van der Waals surface area contributed by atoms with E-state index in [1.54, 1.807) is 36.4 Å². The van der Waals surface area contributed by atoms with Crippen molar-refractivity contribution in [2.24, 2.45) is 0 Å². The van der Waals surface area contributed by atoms with Gasteiger partial charge in [-0.15, -0.1) is 0 Å². The predicted molar refractivity (Wildman–Crippen MR) is 125 cm³/mol. The number of hydrogen-bond donors (Lipinski definition) is 3. The fourth-order valence-corrected chi connectivity index (χ4v) is 3.99. The highest BCUT2D eigenvalue weighted by Crippen LogP contribution is 2.22. The van der Waals surface area contributed by atoms with Crippen LogP contribution in [0.25, 0.3) is 0 Å². The minimum Gasteiger partial charge on any atom is -0.439 e. The average molecular weight is 489 g/mol. The summed E-state index contributed by atoms with van der Waals surface area (Å²) in [6.07, 6.45) is 1.39. The van der Waals surface area contributed by atoms with Gasteiger partial charge in [0.15, 0.2) is 0 Å². The minimum atomic E-state index is -3.96. The highest BCUT2D eigenvalue weighted by atomic mass is 35.5. The van der Waals surface area contributed by atoms with Crippen molar-refractivity contribution in [1.82, 2.24) is 9.71 Å². The third kappa shape index (κ3) is 7.01. The Morgan fingerprint density at radius 3 is 2.15 bits per heavy atom. The lowest BCUT2D eigenvalue weighted by molar-refractivity contribution is -0.117. The van der Waals surface area contributed by atoms with Crippen LogP contribution >= 0.6 is 11.6 Å². The Bertz CT molecular complexity index is 1230. The smallest absolute Gasteiger partial charge is 0.242 e. The summed E-state index contributed by atoms with van der Waals surface area (Å²) < 4.78 is 33.0. The summed E-state index contributed by atoms with van der Waals surface area (Å²) in [6.45, 7) is 2.77. The number of halogens is 1. The van der Waals surface area contributed by atoms with Gasteiger partial charge in [-0.05, 0) is 61.5 Å². The third-order valence-electron chi connectivity index (χ3n) is 4.25. The number of benzene rings is 2. The number of amides is 2. The molecule has 0 fully saturated rings. The summed E-state index contributed by atoms with van der Waals surface area (Å²) in [7, 11) is -3.96. The molecule has 0 spiro atoms. The van der Waals surface area contributed by atoms with Gasteiger partial charge in [-0.25, -0.2) is 13.4 Å². The normalized spacial score (nSPS) is 12.0. The quantitative estimate of drug-likeness (QED) is 0.442. The van der Waals surface area contributed by atoms with Gasteiger partial charge in [-0.3, -0.25) is 9.59 Å². The first kappa shape index (κ1) is 24.2.